The first-order valence-electron chi connectivity index (χ1n) is 8.97. The number of amides is 1. The van der Waals surface area contributed by atoms with Gasteiger partial charge in [0.25, 0.3) is 0 Å². The lowest BCUT2D eigenvalue weighted by atomic mass is 10.0. The third kappa shape index (κ3) is 4.05. The number of nitrogens with one attached hydrogen (secondary N) is 1. The Morgan fingerprint density at radius 2 is 1.81 bits per heavy atom. The van der Waals surface area contributed by atoms with Gasteiger partial charge in [0, 0.05) is 38.1 Å². The Morgan fingerprint density at radius 1 is 1.08 bits per heavy atom. The number of pyridine rings is 1. The van der Waals surface area contributed by atoms with Crippen molar-refractivity contribution in [3.63, 3.8) is 0 Å². The van der Waals surface area contributed by atoms with E-state index in [2.05, 4.69) is 31.5 Å². The van der Waals surface area contributed by atoms with Crippen LogP contribution < -0.4 is 5.32 Å². The minimum absolute atomic E-state index is 0.0315. The molecule has 1 aliphatic rings. The second-order valence-electron chi connectivity index (χ2n) is 6.70. The van der Waals surface area contributed by atoms with E-state index in [1.807, 2.05) is 36.5 Å². The highest BCUT2D eigenvalue weighted by Crippen LogP contribution is 2.13. The molecule has 3 heterocycles. The zero-order valence-electron chi connectivity index (χ0n) is 14.6. The number of fused-ring (bicyclic) bond motifs is 1. The van der Waals surface area contributed by atoms with Crippen molar-refractivity contribution in [1.82, 2.24) is 30.2 Å². The molecular weight excluding hydrogens is 328 g/mol. The Labute approximate surface area is 152 Å². The SMILES string of the molecule is O=C(Cn1nc2ccccc2n1)NC1CCN(Cc2cccnc2)CC1. The van der Waals surface area contributed by atoms with Gasteiger partial charge in [-0.05, 0) is 36.6 Å². The molecule has 0 saturated carbocycles. The van der Waals surface area contributed by atoms with Gasteiger partial charge in [0.15, 0.2) is 0 Å². The Balaban J connectivity index is 1.25. The monoisotopic (exact) mass is 350 g/mol. The number of likely N-dealkylation sites (tertiary alicyclic amines) is 1. The van der Waals surface area contributed by atoms with E-state index < -0.39 is 0 Å². The van der Waals surface area contributed by atoms with Crippen LogP contribution in [-0.4, -0.2) is 49.9 Å². The fraction of sp³-hybridized carbons (Fsp3) is 0.368. The summed E-state index contributed by atoms with van der Waals surface area (Å²) < 4.78 is 0. The number of hydrogen-bond donors (Lipinski definition) is 1. The maximum absolute atomic E-state index is 12.3. The molecule has 7 nitrogen and oxygen atoms in total. The molecule has 0 unspecified atom stereocenters. The fourth-order valence-electron chi connectivity index (χ4n) is 3.36. The lowest BCUT2D eigenvalue weighted by Gasteiger charge is -2.32. The molecule has 0 atom stereocenters. The van der Waals surface area contributed by atoms with Crippen LogP contribution in [0, 0.1) is 0 Å². The number of rotatable bonds is 5. The second-order valence-corrected chi connectivity index (χ2v) is 6.70. The molecule has 1 fully saturated rings. The summed E-state index contributed by atoms with van der Waals surface area (Å²) in [6.45, 7) is 3.02. The normalized spacial score (nSPS) is 16.0. The molecule has 1 aromatic carbocycles. The summed E-state index contributed by atoms with van der Waals surface area (Å²) in [6.07, 6.45) is 5.62. The molecule has 0 bridgehead atoms. The summed E-state index contributed by atoms with van der Waals surface area (Å²) in [4.78, 5) is 20.3. The van der Waals surface area contributed by atoms with E-state index in [0.717, 1.165) is 43.5 Å². The van der Waals surface area contributed by atoms with Gasteiger partial charge in [-0.1, -0.05) is 18.2 Å². The van der Waals surface area contributed by atoms with E-state index in [0.29, 0.717) is 0 Å². The van der Waals surface area contributed by atoms with Crippen LogP contribution in [0.25, 0.3) is 11.0 Å². The number of hydrogen-bond acceptors (Lipinski definition) is 5. The summed E-state index contributed by atoms with van der Waals surface area (Å²) in [5, 5.41) is 11.8. The molecule has 7 heteroatoms. The molecule has 3 aromatic rings. The van der Waals surface area contributed by atoms with Gasteiger partial charge in [0.1, 0.15) is 17.6 Å². The van der Waals surface area contributed by atoms with Gasteiger partial charge in [-0.3, -0.25) is 14.7 Å². The molecular formula is C19H22N6O. The van der Waals surface area contributed by atoms with Gasteiger partial charge >= 0.3 is 0 Å². The van der Waals surface area contributed by atoms with Crippen molar-refractivity contribution in [2.45, 2.75) is 32.0 Å². The molecule has 0 radical (unpaired) electrons. The molecule has 0 spiro atoms. The largest absolute Gasteiger partial charge is 0.352 e. The number of carbonyl (C=O) groups excluding carboxylic acids is 1. The second kappa shape index (κ2) is 7.61. The van der Waals surface area contributed by atoms with Crippen LogP contribution in [0.4, 0.5) is 0 Å². The first-order chi connectivity index (χ1) is 12.8. The lowest BCUT2D eigenvalue weighted by Crippen LogP contribution is -2.45. The predicted molar refractivity (Wildman–Crippen MR) is 98.2 cm³/mol. The van der Waals surface area contributed by atoms with E-state index >= 15 is 0 Å². The van der Waals surface area contributed by atoms with Gasteiger partial charge in [-0.25, -0.2) is 0 Å². The van der Waals surface area contributed by atoms with Crippen molar-refractivity contribution in [1.29, 1.82) is 0 Å². The topological polar surface area (TPSA) is 75.9 Å². The summed E-state index contributed by atoms with van der Waals surface area (Å²) in [5.41, 5.74) is 2.85. The van der Waals surface area contributed by atoms with Crippen LogP contribution in [-0.2, 0) is 17.9 Å². The van der Waals surface area contributed by atoms with Crippen molar-refractivity contribution in [2.75, 3.05) is 13.1 Å². The molecule has 1 amide bonds. The van der Waals surface area contributed by atoms with Crippen LogP contribution in [0.2, 0.25) is 0 Å². The predicted octanol–water partition coefficient (Wildman–Crippen LogP) is 1.61. The fourth-order valence-corrected chi connectivity index (χ4v) is 3.36. The van der Waals surface area contributed by atoms with Crippen LogP contribution in [0.5, 0.6) is 0 Å². The summed E-state index contributed by atoms with van der Waals surface area (Å²) in [6, 6.07) is 11.9. The van der Waals surface area contributed by atoms with E-state index in [4.69, 9.17) is 0 Å². The zero-order valence-corrected chi connectivity index (χ0v) is 14.6. The van der Waals surface area contributed by atoms with Crippen molar-refractivity contribution < 1.29 is 4.79 Å². The third-order valence-corrected chi connectivity index (χ3v) is 4.69. The Hall–Kier alpha value is -2.80. The molecule has 134 valence electrons. The maximum Gasteiger partial charge on any atom is 0.243 e. The molecule has 1 aliphatic heterocycles. The molecule has 0 aliphatic carbocycles. The van der Waals surface area contributed by atoms with Crippen molar-refractivity contribution in [2.24, 2.45) is 0 Å². The average Bonchev–Trinajstić information content (AvgIpc) is 3.06. The van der Waals surface area contributed by atoms with Crippen molar-refractivity contribution >= 4 is 16.9 Å². The smallest absolute Gasteiger partial charge is 0.243 e. The highest BCUT2D eigenvalue weighted by Gasteiger charge is 2.21. The van der Waals surface area contributed by atoms with Crippen LogP contribution in [0.3, 0.4) is 0 Å². The minimum Gasteiger partial charge on any atom is -0.352 e. The first-order valence-corrected chi connectivity index (χ1v) is 8.97. The van der Waals surface area contributed by atoms with E-state index in [9.17, 15) is 4.79 Å². The molecule has 26 heavy (non-hydrogen) atoms. The Morgan fingerprint density at radius 3 is 2.46 bits per heavy atom. The Bertz CT molecular complexity index is 837. The Kier molecular flexibility index (Phi) is 4.88. The zero-order chi connectivity index (χ0) is 17.8. The quantitative estimate of drug-likeness (QED) is 0.756. The highest BCUT2D eigenvalue weighted by molar-refractivity contribution is 5.77. The van der Waals surface area contributed by atoms with Crippen LogP contribution in [0.1, 0.15) is 18.4 Å². The van der Waals surface area contributed by atoms with Crippen molar-refractivity contribution in [3.8, 4) is 0 Å². The lowest BCUT2D eigenvalue weighted by molar-refractivity contribution is -0.123. The summed E-state index contributed by atoms with van der Waals surface area (Å²) >= 11 is 0. The van der Waals surface area contributed by atoms with E-state index in [1.165, 1.54) is 10.4 Å². The number of nitrogens with zero attached hydrogens (tertiary/aromatic N) is 5. The van der Waals surface area contributed by atoms with Gasteiger partial charge < -0.3 is 5.32 Å². The maximum atomic E-state index is 12.3. The number of aromatic nitrogens is 4. The van der Waals surface area contributed by atoms with Gasteiger partial charge in [-0.15, -0.1) is 0 Å². The van der Waals surface area contributed by atoms with Crippen molar-refractivity contribution in [3.05, 3.63) is 54.4 Å². The molecule has 1 saturated heterocycles. The number of carbonyl (C=O) groups is 1. The van der Waals surface area contributed by atoms with Crippen LogP contribution in [0.15, 0.2) is 48.8 Å². The van der Waals surface area contributed by atoms with Crippen LogP contribution >= 0.6 is 0 Å². The number of piperidine rings is 1. The van der Waals surface area contributed by atoms with Gasteiger partial charge in [0.05, 0.1) is 0 Å². The van der Waals surface area contributed by atoms with E-state index in [1.54, 1.807) is 6.20 Å². The summed E-state index contributed by atoms with van der Waals surface area (Å²) in [7, 11) is 0. The van der Waals surface area contributed by atoms with Gasteiger partial charge in [0.2, 0.25) is 5.91 Å². The standard InChI is InChI=1S/C19H22N6O/c26-19(14-25-22-17-5-1-2-6-18(17)23-25)21-16-7-10-24(11-8-16)13-15-4-3-9-20-12-15/h1-6,9,12,16H,7-8,10-11,13-14H2,(H,21,26). The third-order valence-electron chi connectivity index (χ3n) is 4.69. The first kappa shape index (κ1) is 16.7. The molecule has 4 rings (SSSR count). The van der Waals surface area contributed by atoms with E-state index in [-0.39, 0.29) is 18.5 Å². The highest BCUT2D eigenvalue weighted by atomic mass is 16.2. The van der Waals surface area contributed by atoms with Gasteiger partial charge in [-0.2, -0.15) is 15.0 Å². The summed E-state index contributed by atoms with van der Waals surface area (Å²) in [5.74, 6) is -0.0315. The number of benzene rings is 1. The average molecular weight is 350 g/mol. The molecule has 2 aromatic heterocycles. The minimum atomic E-state index is -0.0315. The molecule has 1 N–H and O–H groups in total.